The maximum Gasteiger partial charge on any atom is 0.163 e. The van der Waals surface area contributed by atoms with E-state index in [-0.39, 0.29) is 11.9 Å². The standard InChI is InChI=1S/C14H17ClO2/c1-10(16)13-9-11(15)7-8-14(13)17-12-5-3-2-4-6-12/h7-9,12H,2-6H2,1H3. The Morgan fingerprint density at radius 1 is 1.29 bits per heavy atom. The molecule has 1 fully saturated rings. The first-order valence-corrected chi connectivity index (χ1v) is 6.52. The Morgan fingerprint density at radius 3 is 2.65 bits per heavy atom. The summed E-state index contributed by atoms with van der Waals surface area (Å²) < 4.78 is 5.92. The maximum absolute atomic E-state index is 11.5. The molecule has 2 nitrogen and oxygen atoms in total. The van der Waals surface area contributed by atoms with Crippen LogP contribution in [0.3, 0.4) is 0 Å². The van der Waals surface area contributed by atoms with Crippen molar-refractivity contribution < 1.29 is 9.53 Å². The van der Waals surface area contributed by atoms with Crippen LogP contribution in [0.5, 0.6) is 5.75 Å². The number of hydrogen-bond donors (Lipinski definition) is 0. The van der Waals surface area contributed by atoms with E-state index in [1.807, 2.05) is 0 Å². The summed E-state index contributed by atoms with van der Waals surface area (Å²) in [6, 6.07) is 5.25. The summed E-state index contributed by atoms with van der Waals surface area (Å²) in [5.74, 6) is 0.673. The highest BCUT2D eigenvalue weighted by atomic mass is 35.5. The number of ketones is 1. The molecule has 1 aliphatic rings. The Bertz CT molecular complexity index is 409. The molecule has 3 heteroatoms. The highest BCUT2D eigenvalue weighted by Crippen LogP contribution is 2.28. The predicted molar refractivity (Wildman–Crippen MR) is 69.0 cm³/mol. The molecule has 0 amide bonds. The van der Waals surface area contributed by atoms with Crippen molar-refractivity contribution >= 4 is 17.4 Å². The van der Waals surface area contributed by atoms with Gasteiger partial charge in [-0.25, -0.2) is 0 Å². The second-order valence-electron chi connectivity index (χ2n) is 4.57. The van der Waals surface area contributed by atoms with Gasteiger partial charge in [-0.1, -0.05) is 18.0 Å². The van der Waals surface area contributed by atoms with Crippen molar-refractivity contribution in [2.24, 2.45) is 0 Å². The highest BCUT2D eigenvalue weighted by Gasteiger charge is 2.17. The van der Waals surface area contributed by atoms with Crippen LogP contribution in [0.2, 0.25) is 5.02 Å². The molecule has 0 bridgehead atoms. The van der Waals surface area contributed by atoms with E-state index in [4.69, 9.17) is 16.3 Å². The fourth-order valence-corrected chi connectivity index (χ4v) is 2.41. The molecule has 1 aromatic rings. The second kappa shape index (κ2) is 5.54. The van der Waals surface area contributed by atoms with E-state index in [2.05, 4.69) is 0 Å². The fraction of sp³-hybridized carbons (Fsp3) is 0.500. The van der Waals surface area contributed by atoms with Crippen LogP contribution in [0, 0.1) is 0 Å². The number of ether oxygens (including phenoxy) is 1. The Balaban J connectivity index is 2.16. The van der Waals surface area contributed by atoms with Crippen molar-refractivity contribution in [3.05, 3.63) is 28.8 Å². The molecule has 92 valence electrons. The van der Waals surface area contributed by atoms with Gasteiger partial charge >= 0.3 is 0 Å². The predicted octanol–water partition coefficient (Wildman–Crippen LogP) is 4.25. The Labute approximate surface area is 107 Å². The molecule has 1 aromatic carbocycles. The minimum absolute atomic E-state index is 0.00157. The van der Waals surface area contributed by atoms with Crippen LogP contribution in [0.4, 0.5) is 0 Å². The molecule has 0 spiro atoms. The summed E-state index contributed by atoms with van der Waals surface area (Å²) >= 11 is 5.90. The van der Waals surface area contributed by atoms with Gasteiger partial charge in [-0.2, -0.15) is 0 Å². The smallest absolute Gasteiger partial charge is 0.163 e. The average Bonchev–Trinajstić information content (AvgIpc) is 2.32. The molecule has 1 saturated carbocycles. The monoisotopic (exact) mass is 252 g/mol. The molecule has 0 aromatic heterocycles. The summed E-state index contributed by atoms with van der Waals surface area (Å²) in [4.78, 5) is 11.5. The van der Waals surface area contributed by atoms with Crippen LogP contribution >= 0.6 is 11.6 Å². The molecule has 1 aliphatic carbocycles. The number of carbonyl (C=O) groups excluding carboxylic acids is 1. The zero-order chi connectivity index (χ0) is 12.3. The fourth-order valence-electron chi connectivity index (χ4n) is 2.24. The minimum Gasteiger partial charge on any atom is -0.490 e. The number of halogens is 1. The van der Waals surface area contributed by atoms with Gasteiger partial charge in [-0.15, -0.1) is 0 Å². The number of Topliss-reactive ketones (excluding diaryl/α,β-unsaturated/α-hetero) is 1. The molecule has 0 heterocycles. The van der Waals surface area contributed by atoms with Crippen molar-refractivity contribution in [1.29, 1.82) is 0 Å². The zero-order valence-corrected chi connectivity index (χ0v) is 10.8. The van der Waals surface area contributed by atoms with Crippen LogP contribution in [-0.2, 0) is 0 Å². The van der Waals surface area contributed by atoms with Gasteiger partial charge in [0.2, 0.25) is 0 Å². The molecule has 0 unspecified atom stereocenters. The lowest BCUT2D eigenvalue weighted by Crippen LogP contribution is -2.20. The molecule has 17 heavy (non-hydrogen) atoms. The lowest BCUT2D eigenvalue weighted by atomic mass is 9.97. The molecule has 2 rings (SSSR count). The lowest BCUT2D eigenvalue weighted by molar-refractivity contribution is 0.100. The van der Waals surface area contributed by atoms with Crippen molar-refractivity contribution in [1.82, 2.24) is 0 Å². The van der Waals surface area contributed by atoms with E-state index in [9.17, 15) is 4.79 Å². The van der Waals surface area contributed by atoms with E-state index in [0.29, 0.717) is 16.3 Å². The number of carbonyl (C=O) groups is 1. The number of hydrogen-bond acceptors (Lipinski definition) is 2. The van der Waals surface area contributed by atoms with Gasteiger partial charge in [-0.3, -0.25) is 4.79 Å². The van der Waals surface area contributed by atoms with Crippen molar-refractivity contribution in [3.8, 4) is 5.75 Å². The van der Waals surface area contributed by atoms with Gasteiger partial charge in [-0.05, 0) is 50.8 Å². The quantitative estimate of drug-likeness (QED) is 0.752. The van der Waals surface area contributed by atoms with Gasteiger partial charge in [0.25, 0.3) is 0 Å². The maximum atomic E-state index is 11.5. The lowest BCUT2D eigenvalue weighted by Gasteiger charge is -2.24. The Kier molecular flexibility index (Phi) is 4.06. The topological polar surface area (TPSA) is 26.3 Å². The second-order valence-corrected chi connectivity index (χ2v) is 5.01. The van der Waals surface area contributed by atoms with E-state index in [1.165, 1.54) is 19.3 Å². The first-order chi connectivity index (χ1) is 8.16. The van der Waals surface area contributed by atoms with E-state index < -0.39 is 0 Å². The Hall–Kier alpha value is -1.02. The van der Waals surface area contributed by atoms with E-state index in [0.717, 1.165) is 12.8 Å². The molecule has 0 atom stereocenters. The normalized spacial score (nSPS) is 16.8. The molecule has 0 aliphatic heterocycles. The van der Waals surface area contributed by atoms with Crippen molar-refractivity contribution in [2.75, 3.05) is 0 Å². The summed E-state index contributed by atoms with van der Waals surface area (Å²) in [6.45, 7) is 1.54. The third kappa shape index (κ3) is 3.22. The molecular weight excluding hydrogens is 236 g/mol. The average molecular weight is 253 g/mol. The summed E-state index contributed by atoms with van der Waals surface area (Å²) in [5, 5.41) is 0.575. The van der Waals surface area contributed by atoms with Crippen molar-refractivity contribution in [2.45, 2.75) is 45.1 Å². The first-order valence-electron chi connectivity index (χ1n) is 6.14. The van der Waals surface area contributed by atoms with E-state index >= 15 is 0 Å². The minimum atomic E-state index is -0.00157. The molecule has 0 N–H and O–H groups in total. The zero-order valence-electron chi connectivity index (χ0n) is 10.0. The van der Waals surface area contributed by atoms with Gasteiger partial charge in [0, 0.05) is 5.02 Å². The van der Waals surface area contributed by atoms with Gasteiger partial charge in [0.05, 0.1) is 11.7 Å². The van der Waals surface area contributed by atoms with Crippen LogP contribution in [0.15, 0.2) is 18.2 Å². The summed E-state index contributed by atoms with van der Waals surface area (Å²) in [6.07, 6.45) is 6.14. The number of rotatable bonds is 3. The largest absolute Gasteiger partial charge is 0.490 e. The Morgan fingerprint density at radius 2 is 2.00 bits per heavy atom. The molecular formula is C14H17ClO2. The van der Waals surface area contributed by atoms with Crippen LogP contribution in [0.1, 0.15) is 49.4 Å². The highest BCUT2D eigenvalue weighted by molar-refractivity contribution is 6.31. The van der Waals surface area contributed by atoms with Gasteiger partial charge in [0.1, 0.15) is 5.75 Å². The molecule has 0 saturated heterocycles. The van der Waals surface area contributed by atoms with Crippen molar-refractivity contribution in [3.63, 3.8) is 0 Å². The summed E-state index contributed by atoms with van der Waals surface area (Å²) in [5.41, 5.74) is 0.586. The third-order valence-electron chi connectivity index (χ3n) is 3.17. The SMILES string of the molecule is CC(=O)c1cc(Cl)ccc1OC1CCCCC1. The van der Waals surface area contributed by atoms with E-state index in [1.54, 1.807) is 25.1 Å². The van der Waals surface area contributed by atoms with Gasteiger partial charge in [0.15, 0.2) is 5.78 Å². The third-order valence-corrected chi connectivity index (χ3v) is 3.40. The first kappa shape index (κ1) is 12.4. The van der Waals surface area contributed by atoms with Crippen LogP contribution < -0.4 is 4.74 Å². The molecule has 0 radical (unpaired) electrons. The summed E-state index contributed by atoms with van der Waals surface area (Å²) in [7, 11) is 0. The number of benzene rings is 1. The van der Waals surface area contributed by atoms with Gasteiger partial charge < -0.3 is 4.74 Å². The van der Waals surface area contributed by atoms with Crippen LogP contribution in [-0.4, -0.2) is 11.9 Å². The van der Waals surface area contributed by atoms with Crippen LogP contribution in [0.25, 0.3) is 0 Å².